The van der Waals surface area contributed by atoms with Gasteiger partial charge < -0.3 is 11.1 Å². The SMILES string of the molecule is CCC(C)(N)C(=O)Nc1cnc2ccccc2c1. The van der Waals surface area contributed by atoms with Crippen LogP contribution in [0.1, 0.15) is 20.3 Å². The quantitative estimate of drug-likeness (QED) is 0.869. The molecule has 1 aromatic carbocycles. The molecule has 0 saturated heterocycles. The third-order valence-electron chi connectivity index (χ3n) is 3.10. The van der Waals surface area contributed by atoms with Crippen LogP contribution in [-0.2, 0) is 4.79 Å². The number of anilines is 1. The third kappa shape index (κ3) is 2.49. The van der Waals surface area contributed by atoms with E-state index in [1.54, 1.807) is 13.1 Å². The summed E-state index contributed by atoms with van der Waals surface area (Å²) < 4.78 is 0. The second kappa shape index (κ2) is 4.74. The predicted molar refractivity (Wildman–Crippen MR) is 73.3 cm³/mol. The molecule has 0 aliphatic rings. The summed E-state index contributed by atoms with van der Waals surface area (Å²) in [5.74, 6) is -0.193. The van der Waals surface area contributed by atoms with Crippen molar-refractivity contribution in [2.24, 2.45) is 5.73 Å². The Morgan fingerprint density at radius 1 is 1.44 bits per heavy atom. The van der Waals surface area contributed by atoms with Crippen LogP contribution in [0.4, 0.5) is 5.69 Å². The minimum Gasteiger partial charge on any atom is -0.323 e. The summed E-state index contributed by atoms with van der Waals surface area (Å²) in [6, 6.07) is 9.65. The summed E-state index contributed by atoms with van der Waals surface area (Å²) in [7, 11) is 0. The van der Waals surface area contributed by atoms with Gasteiger partial charge in [0.05, 0.1) is 22.9 Å². The summed E-state index contributed by atoms with van der Waals surface area (Å²) in [5.41, 5.74) is 6.61. The lowest BCUT2D eigenvalue weighted by atomic mass is 9.99. The standard InChI is InChI=1S/C14H17N3O/c1-3-14(2,15)13(18)17-11-8-10-6-4-5-7-12(10)16-9-11/h4-9H,3,15H2,1-2H3,(H,17,18). The number of para-hydroxylation sites is 1. The van der Waals surface area contributed by atoms with Crippen molar-refractivity contribution in [1.82, 2.24) is 4.98 Å². The molecule has 0 aliphatic carbocycles. The molecular weight excluding hydrogens is 226 g/mol. The van der Waals surface area contributed by atoms with E-state index < -0.39 is 5.54 Å². The van der Waals surface area contributed by atoms with Gasteiger partial charge in [-0.05, 0) is 25.5 Å². The van der Waals surface area contributed by atoms with Crippen molar-refractivity contribution in [3.05, 3.63) is 36.5 Å². The first kappa shape index (κ1) is 12.5. The largest absolute Gasteiger partial charge is 0.323 e. The van der Waals surface area contributed by atoms with Crippen LogP contribution in [0.2, 0.25) is 0 Å². The van der Waals surface area contributed by atoms with Gasteiger partial charge in [0.1, 0.15) is 0 Å². The molecule has 1 amide bonds. The van der Waals surface area contributed by atoms with E-state index in [4.69, 9.17) is 5.73 Å². The Hall–Kier alpha value is -1.94. The molecule has 0 saturated carbocycles. The molecule has 0 fully saturated rings. The highest BCUT2D eigenvalue weighted by molar-refractivity contribution is 5.98. The maximum atomic E-state index is 11.9. The van der Waals surface area contributed by atoms with Crippen molar-refractivity contribution in [1.29, 1.82) is 0 Å². The van der Waals surface area contributed by atoms with Crippen LogP contribution in [0.15, 0.2) is 36.5 Å². The molecular formula is C14H17N3O. The molecule has 2 aromatic rings. The van der Waals surface area contributed by atoms with Gasteiger partial charge in [-0.1, -0.05) is 25.1 Å². The fraction of sp³-hybridized carbons (Fsp3) is 0.286. The smallest absolute Gasteiger partial charge is 0.244 e. The molecule has 0 spiro atoms. The summed E-state index contributed by atoms with van der Waals surface area (Å²) in [6.45, 7) is 3.61. The maximum Gasteiger partial charge on any atom is 0.244 e. The van der Waals surface area contributed by atoms with Gasteiger partial charge in [0.25, 0.3) is 0 Å². The topological polar surface area (TPSA) is 68.0 Å². The highest BCUT2D eigenvalue weighted by atomic mass is 16.2. The van der Waals surface area contributed by atoms with Gasteiger partial charge in [0, 0.05) is 5.39 Å². The molecule has 1 aromatic heterocycles. The van der Waals surface area contributed by atoms with Crippen molar-refractivity contribution >= 4 is 22.5 Å². The second-order valence-corrected chi connectivity index (χ2v) is 4.64. The number of fused-ring (bicyclic) bond motifs is 1. The molecule has 3 N–H and O–H groups in total. The van der Waals surface area contributed by atoms with Crippen LogP contribution in [0.3, 0.4) is 0 Å². The van der Waals surface area contributed by atoms with Crippen LogP contribution >= 0.6 is 0 Å². The summed E-state index contributed by atoms with van der Waals surface area (Å²) in [6.07, 6.45) is 2.23. The first-order valence-corrected chi connectivity index (χ1v) is 5.98. The van der Waals surface area contributed by atoms with Gasteiger partial charge in [-0.15, -0.1) is 0 Å². The monoisotopic (exact) mass is 243 g/mol. The molecule has 4 nitrogen and oxygen atoms in total. The van der Waals surface area contributed by atoms with Crippen molar-refractivity contribution in [3.8, 4) is 0 Å². The summed E-state index contributed by atoms with van der Waals surface area (Å²) in [4.78, 5) is 16.2. The first-order chi connectivity index (χ1) is 8.53. The zero-order chi connectivity index (χ0) is 13.2. The van der Waals surface area contributed by atoms with E-state index in [1.807, 2.05) is 37.3 Å². The van der Waals surface area contributed by atoms with E-state index in [0.717, 1.165) is 10.9 Å². The number of benzene rings is 1. The Labute approximate surface area is 106 Å². The number of hydrogen-bond donors (Lipinski definition) is 2. The molecule has 0 radical (unpaired) electrons. The van der Waals surface area contributed by atoms with E-state index in [0.29, 0.717) is 12.1 Å². The van der Waals surface area contributed by atoms with Crippen LogP contribution in [-0.4, -0.2) is 16.4 Å². The van der Waals surface area contributed by atoms with E-state index in [1.165, 1.54) is 0 Å². The minimum absolute atomic E-state index is 0.193. The molecule has 1 unspecified atom stereocenters. The highest BCUT2D eigenvalue weighted by Crippen LogP contribution is 2.17. The lowest BCUT2D eigenvalue weighted by molar-refractivity contribution is -0.120. The number of pyridine rings is 1. The predicted octanol–water partition coefficient (Wildman–Crippen LogP) is 2.30. The van der Waals surface area contributed by atoms with Gasteiger partial charge >= 0.3 is 0 Å². The van der Waals surface area contributed by atoms with Crippen molar-refractivity contribution < 1.29 is 4.79 Å². The molecule has 18 heavy (non-hydrogen) atoms. The highest BCUT2D eigenvalue weighted by Gasteiger charge is 2.25. The van der Waals surface area contributed by atoms with Crippen LogP contribution in [0.25, 0.3) is 10.9 Å². The number of hydrogen-bond acceptors (Lipinski definition) is 3. The molecule has 0 aliphatic heterocycles. The average molecular weight is 243 g/mol. The van der Waals surface area contributed by atoms with E-state index in [2.05, 4.69) is 10.3 Å². The number of carbonyl (C=O) groups excluding carboxylic acids is 1. The average Bonchev–Trinajstić information content (AvgIpc) is 2.38. The van der Waals surface area contributed by atoms with E-state index in [-0.39, 0.29) is 5.91 Å². The third-order valence-corrected chi connectivity index (χ3v) is 3.10. The Morgan fingerprint density at radius 2 is 2.17 bits per heavy atom. The Bertz CT molecular complexity index is 578. The summed E-state index contributed by atoms with van der Waals surface area (Å²) >= 11 is 0. The van der Waals surface area contributed by atoms with E-state index in [9.17, 15) is 4.79 Å². The lowest BCUT2D eigenvalue weighted by Gasteiger charge is -2.21. The van der Waals surface area contributed by atoms with Crippen LogP contribution in [0, 0.1) is 0 Å². The minimum atomic E-state index is -0.856. The van der Waals surface area contributed by atoms with E-state index >= 15 is 0 Å². The fourth-order valence-electron chi connectivity index (χ4n) is 1.57. The molecule has 1 atom stereocenters. The number of nitrogens with zero attached hydrogens (tertiary/aromatic N) is 1. The second-order valence-electron chi connectivity index (χ2n) is 4.64. The van der Waals surface area contributed by atoms with Gasteiger partial charge in [0.2, 0.25) is 5.91 Å². The number of aromatic nitrogens is 1. The number of nitrogens with two attached hydrogens (primary N) is 1. The molecule has 94 valence electrons. The molecule has 4 heteroatoms. The van der Waals surface area contributed by atoms with Crippen molar-refractivity contribution in [2.75, 3.05) is 5.32 Å². The van der Waals surface area contributed by atoms with Gasteiger partial charge in [-0.3, -0.25) is 9.78 Å². The fourth-order valence-corrected chi connectivity index (χ4v) is 1.57. The molecule has 0 bridgehead atoms. The maximum absolute atomic E-state index is 11.9. The molecule has 2 rings (SSSR count). The van der Waals surface area contributed by atoms with Crippen LogP contribution < -0.4 is 11.1 Å². The Balaban J connectivity index is 2.25. The Kier molecular flexibility index (Phi) is 3.30. The van der Waals surface area contributed by atoms with Crippen LogP contribution in [0.5, 0.6) is 0 Å². The zero-order valence-electron chi connectivity index (χ0n) is 10.6. The van der Waals surface area contributed by atoms with Crippen molar-refractivity contribution in [3.63, 3.8) is 0 Å². The first-order valence-electron chi connectivity index (χ1n) is 5.98. The van der Waals surface area contributed by atoms with Gasteiger partial charge in [0.15, 0.2) is 0 Å². The van der Waals surface area contributed by atoms with Gasteiger partial charge in [-0.2, -0.15) is 0 Å². The summed E-state index contributed by atoms with van der Waals surface area (Å²) in [5, 5.41) is 3.79. The number of carbonyl (C=O) groups is 1. The number of nitrogens with one attached hydrogen (secondary N) is 1. The van der Waals surface area contributed by atoms with Gasteiger partial charge in [-0.25, -0.2) is 0 Å². The normalized spacial score (nSPS) is 14.2. The lowest BCUT2D eigenvalue weighted by Crippen LogP contribution is -2.47. The number of rotatable bonds is 3. The molecule has 1 heterocycles. The Morgan fingerprint density at radius 3 is 2.89 bits per heavy atom. The zero-order valence-corrected chi connectivity index (χ0v) is 10.6. The van der Waals surface area contributed by atoms with Crippen molar-refractivity contribution in [2.45, 2.75) is 25.8 Å². The number of amides is 1.